The first-order valence-corrected chi connectivity index (χ1v) is 8.92. The number of rotatable bonds is 5. The van der Waals surface area contributed by atoms with Gasteiger partial charge in [0.05, 0.1) is 0 Å². The summed E-state index contributed by atoms with van der Waals surface area (Å²) in [6, 6.07) is 0.567. The van der Waals surface area contributed by atoms with E-state index in [-0.39, 0.29) is 0 Å². The highest BCUT2D eigenvalue weighted by molar-refractivity contribution is 5.79. The summed E-state index contributed by atoms with van der Waals surface area (Å²) in [4.78, 5) is 20.7. The quantitative estimate of drug-likeness (QED) is 0.834. The smallest absolute Gasteiger partial charge is 0.323 e. The number of hydrogen-bond acceptors (Lipinski definition) is 5. The maximum absolute atomic E-state index is 12.4. The molecule has 0 spiro atoms. The van der Waals surface area contributed by atoms with Gasteiger partial charge in [-0.1, -0.05) is 18.0 Å². The van der Waals surface area contributed by atoms with Gasteiger partial charge in [-0.15, -0.1) is 0 Å². The van der Waals surface area contributed by atoms with Crippen molar-refractivity contribution in [3.63, 3.8) is 0 Å². The highest BCUT2D eigenvalue weighted by Gasteiger charge is 2.29. The SMILES string of the molecule is CN(C)c1nc(CCC2CCN(C(=O)C3CCCC3)CC2)no1. The lowest BCUT2D eigenvalue weighted by Gasteiger charge is -2.33. The minimum absolute atomic E-state index is 0.315. The number of amides is 1. The molecular weight excluding hydrogens is 292 g/mol. The zero-order chi connectivity index (χ0) is 16.2. The molecule has 128 valence electrons. The second kappa shape index (κ2) is 7.32. The van der Waals surface area contributed by atoms with Crippen molar-refractivity contribution in [2.75, 3.05) is 32.1 Å². The lowest BCUT2D eigenvalue weighted by atomic mass is 9.91. The molecule has 1 aliphatic heterocycles. The molecule has 2 heterocycles. The van der Waals surface area contributed by atoms with Crippen molar-refractivity contribution in [1.29, 1.82) is 0 Å². The summed E-state index contributed by atoms with van der Waals surface area (Å²) >= 11 is 0. The third-order valence-electron chi connectivity index (χ3n) is 5.25. The number of nitrogens with zero attached hydrogens (tertiary/aromatic N) is 4. The Morgan fingerprint density at radius 2 is 1.91 bits per heavy atom. The van der Waals surface area contributed by atoms with Crippen LogP contribution in [0.4, 0.5) is 6.01 Å². The number of carbonyl (C=O) groups excluding carboxylic acids is 1. The second-order valence-electron chi connectivity index (χ2n) is 7.18. The van der Waals surface area contributed by atoms with Crippen LogP contribution >= 0.6 is 0 Å². The molecule has 6 heteroatoms. The lowest BCUT2D eigenvalue weighted by molar-refractivity contribution is -0.136. The van der Waals surface area contributed by atoms with Crippen LogP contribution in [0.5, 0.6) is 0 Å². The van der Waals surface area contributed by atoms with Crippen LogP contribution in [0.2, 0.25) is 0 Å². The molecule has 0 unspecified atom stereocenters. The average molecular weight is 320 g/mol. The first-order chi connectivity index (χ1) is 11.1. The van der Waals surface area contributed by atoms with Crippen LogP contribution in [0, 0.1) is 11.8 Å². The Labute approximate surface area is 138 Å². The highest BCUT2D eigenvalue weighted by Crippen LogP contribution is 2.29. The third-order valence-corrected chi connectivity index (χ3v) is 5.25. The number of aryl methyl sites for hydroxylation is 1. The molecule has 1 aliphatic carbocycles. The fourth-order valence-electron chi connectivity index (χ4n) is 3.73. The van der Waals surface area contributed by atoms with Gasteiger partial charge < -0.3 is 14.3 Å². The van der Waals surface area contributed by atoms with E-state index in [2.05, 4.69) is 15.0 Å². The molecule has 23 heavy (non-hydrogen) atoms. The summed E-state index contributed by atoms with van der Waals surface area (Å²) in [6.45, 7) is 1.85. The molecule has 1 saturated carbocycles. The highest BCUT2D eigenvalue weighted by atomic mass is 16.5. The molecule has 3 rings (SSSR count). The molecule has 6 nitrogen and oxygen atoms in total. The number of hydrogen-bond donors (Lipinski definition) is 0. The van der Waals surface area contributed by atoms with E-state index >= 15 is 0 Å². The number of carbonyl (C=O) groups is 1. The largest absolute Gasteiger partial charge is 0.342 e. The van der Waals surface area contributed by atoms with Crippen molar-refractivity contribution in [3.8, 4) is 0 Å². The molecule has 1 amide bonds. The molecule has 1 aromatic heterocycles. The summed E-state index contributed by atoms with van der Waals surface area (Å²) < 4.78 is 5.18. The first kappa shape index (κ1) is 16.3. The van der Waals surface area contributed by atoms with Crippen molar-refractivity contribution >= 4 is 11.9 Å². The monoisotopic (exact) mass is 320 g/mol. The Hall–Kier alpha value is -1.59. The molecule has 0 atom stereocenters. The van der Waals surface area contributed by atoms with Gasteiger partial charge in [-0.05, 0) is 38.0 Å². The van der Waals surface area contributed by atoms with Gasteiger partial charge in [0.1, 0.15) is 0 Å². The zero-order valence-corrected chi connectivity index (χ0v) is 14.3. The van der Waals surface area contributed by atoms with E-state index in [1.54, 1.807) is 0 Å². The molecule has 2 aliphatic rings. The van der Waals surface area contributed by atoms with Crippen molar-refractivity contribution in [2.45, 2.75) is 51.4 Å². The Kier molecular flexibility index (Phi) is 5.18. The molecule has 0 N–H and O–H groups in total. The van der Waals surface area contributed by atoms with E-state index < -0.39 is 0 Å². The van der Waals surface area contributed by atoms with E-state index in [0.717, 1.165) is 57.4 Å². The molecular formula is C17H28N4O2. The minimum Gasteiger partial charge on any atom is -0.342 e. The van der Waals surface area contributed by atoms with Crippen molar-refractivity contribution < 1.29 is 9.32 Å². The van der Waals surface area contributed by atoms with Crippen molar-refractivity contribution in [2.24, 2.45) is 11.8 Å². The van der Waals surface area contributed by atoms with Gasteiger partial charge >= 0.3 is 6.01 Å². The Balaban J connectivity index is 1.41. The Morgan fingerprint density at radius 1 is 1.22 bits per heavy atom. The predicted molar refractivity (Wildman–Crippen MR) is 88.2 cm³/mol. The van der Waals surface area contributed by atoms with Gasteiger partial charge in [0.25, 0.3) is 0 Å². The number of anilines is 1. The van der Waals surface area contributed by atoms with Crippen LogP contribution in [0.3, 0.4) is 0 Å². The Morgan fingerprint density at radius 3 is 2.52 bits per heavy atom. The van der Waals surface area contributed by atoms with Crippen LogP contribution in [-0.4, -0.2) is 48.1 Å². The molecule has 0 radical (unpaired) electrons. The van der Waals surface area contributed by atoms with Gasteiger partial charge in [0.15, 0.2) is 5.82 Å². The van der Waals surface area contributed by atoms with Crippen LogP contribution in [-0.2, 0) is 11.2 Å². The number of aromatic nitrogens is 2. The van der Waals surface area contributed by atoms with Crippen molar-refractivity contribution in [1.82, 2.24) is 15.0 Å². The van der Waals surface area contributed by atoms with E-state index in [1.165, 1.54) is 12.8 Å². The first-order valence-electron chi connectivity index (χ1n) is 8.92. The summed E-state index contributed by atoms with van der Waals surface area (Å²) in [5.74, 6) is 2.19. The number of piperidine rings is 1. The van der Waals surface area contributed by atoms with Crippen LogP contribution < -0.4 is 4.90 Å². The van der Waals surface area contributed by atoms with Gasteiger partial charge in [-0.3, -0.25) is 4.79 Å². The number of likely N-dealkylation sites (tertiary alicyclic amines) is 1. The fraction of sp³-hybridized carbons (Fsp3) is 0.824. The molecule has 1 aromatic rings. The van der Waals surface area contributed by atoms with Gasteiger partial charge in [-0.25, -0.2) is 0 Å². The van der Waals surface area contributed by atoms with E-state index in [4.69, 9.17) is 4.52 Å². The standard InChI is InChI=1S/C17H28N4O2/c1-20(2)17-18-15(19-23-17)8-7-13-9-11-21(12-10-13)16(22)14-5-3-4-6-14/h13-14H,3-12H2,1-2H3. The summed E-state index contributed by atoms with van der Waals surface area (Å²) in [5.41, 5.74) is 0. The van der Waals surface area contributed by atoms with E-state index in [9.17, 15) is 4.79 Å². The second-order valence-corrected chi connectivity index (χ2v) is 7.18. The summed E-state index contributed by atoms with van der Waals surface area (Å²) in [6.07, 6.45) is 8.82. The van der Waals surface area contributed by atoms with E-state index in [0.29, 0.717) is 23.8 Å². The van der Waals surface area contributed by atoms with E-state index in [1.807, 2.05) is 19.0 Å². The molecule has 0 bridgehead atoms. The molecule has 1 saturated heterocycles. The minimum atomic E-state index is 0.315. The maximum Gasteiger partial charge on any atom is 0.323 e. The normalized spacial score (nSPS) is 20.2. The zero-order valence-electron chi connectivity index (χ0n) is 14.3. The lowest BCUT2D eigenvalue weighted by Crippen LogP contribution is -2.41. The topological polar surface area (TPSA) is 62.5 Å². The van der Waals surface area contributed by atoms with Crippen LogP contribution in [0.1, 0.15) is 50.8 Å². The molecule has 0 aromatic carbocycles. The molecule has 2 fully saturated rings. The van der Waals surface area contributed by atoms with Crippen molar-refractivity contribution in [3.05, 3.63) is 5.82 Å². The van der Waals surface area contributed by atoms with Gasteiger partial charge in [0.2, 0.25) is 5.91 Å². The van der Waals surface area contributed by atoms with Crippen LogP contribution in [0.15, 0.2) is 4.52 Å². The summed E-state index contributed by atoms with van der Waals surface area (Å²) in [5, 5.41) is 4.03. The average Bonchev–Trinajstić information content (AvgIpc) is 3.24. The van der Waals surface area contributed by atoms with Gasteiger partial charge in [0, 0.05) is 39.5 Å². The fourth-order valence-corrected chi connectivity index (χ4v) is 3.73. The predicted octanol–water partition coefficient (Wildman–Crippen LogP) is 2.50. The third kappa shape index (κ3) is 4.03. The van der Waals surface area contributed by atoms with Crippen LogP contribution in [0.25, 0.3) is 0 Å². The maximum atomic E-state index is 12.4. The summed E-state index contributed by atoms with van der Waals surface area (Å²) in [7, 11) is 3.79. The Bertz CT molecular complexity index is 514. The van der Waals surface area contributed by atoms with Gasteiger partial charge in [-0.2, -0.15) is 4.98 Å².